The SMILES string of the molecule is O=C(Nc1ccc(N2CCCC2)cc1)c1ccnc(NC2CCCC2)n1. The van der Waals surface area contributed by atoms with Crippen molar-refractivity contribution in [3.05, 3.63) is 42.2 Å². The van der Waals surface area contributed by atoms with Crippen LogP contribution in [0, 0.1) is 0 Å². The zero-order valence-corrected chi connectivity index (χ0v) is 14.9. The second-order valence-electron chi connectivity index (χ2n) is 7.09. The Balaban J connectivity index is 1.39. The van der Waals surface area contributed by atoms with Crippen molar-refractivity contribution in [2.24, 2.45) is 0 Å². The Kier molecular flexibility index (Phi) is 5.00. The molecule has 1 amide bonds. The minimum atomic E-state index is -0.212. The van der Waals surface area contributed by atoms with Crippen LogP contribution in [-0.2, 0) is 0 Å². The molecule has 2 N–H and O–H groups in total. The smallest absolute Gasteiger partial charge is 0.274 e. The Labute approximate surface area is 154 Å². The van der Waals surface area contributed by atoms with Crippen molar-refractivity contribution in [2.75, 3.05) is 28.6 Å². The first-order valence-electron chi connectivity index (χ1n) is 9.54. The maximum atomic E-state index is 12.5. The Morgan fingerprint density at radius 2 is 1.73 bits per heavy atom. The molecule has 6 heteroatoms. The highest BCUT2D eigenvalue weighted by molar-refractivity contribution is 6.03. The van der Waals surface area contributed by atoms with Gasteiger partial charge >= 0.3 is 0 Å². The molecule has 2 heterocycles. The number of anilines is 3. The molecule has 136 valence electrons. The highest BCUT2D eigenvalue weighted by Gasteiger charge is 2.17. The fraction of sp³-hybridized carbons (Fsp3) is 0.450. The quantitative estimate of drug-likeness (QED) is 0.860. The second kappa shape index (κ2) is 7.72. The van der Waals surface area contributed by atoms with Gasteiger partial charge in [-0.15, -0.1) is 0 Å². The average Bonchev–Trinajstić information content (AvgIpc) is 3.36. The summed E-state index contributed by atoms with van der Waals surface area (Å²) in [5.74, 6) is 0.324. The average molecular weight is 351 g/mol. The predicted molar refractivity (Wildman–Crippen MR) is 104 cm³/mol. The highest BCUT2D eigenvalue weighted by atomic mass is 16.1. The van der Waals surface area contributed by atoms with E-state index in [0.29, 0.717) is 17.7 Å². The maximum absolute atomic E-state index is 12.5. The molecule has 26 heavy (non-hydrogen) atoms. The Morgan fingerprint density at radius 3 is 2.46 bits per heavy atom. The lowest BCUT2D eigenvalue weighted by Crippen LogP contribution is -2.19. The molecule has 1 aliphatic heterocycles. The zero-order chi connectivity index (χ0) is 17.8. The van der Waals surface area contributed by atoms with Crippen molar-refractivity contribution >= 4 is 23.2 Å². The Hall–Kier alpha value is -2.63. The van der Waals surface area contributed by atoms with Gasteiger partial charge in [-0.05, 0) is 56.0 Å². The summed E-state index contributed by atoms with van der Waals surface area (Å²) in [6.07, 6.45) is 8.91. The molecule has 2 fully saturated rings. The molecule has 1 aromatic heterocycles. The van der Waals surface area contributed by atoms with Crippen molar-refractivity contribution in [1.29, 1.82) is 0 Å². The summed E-state index contributed by atoms with van der Waals surface area (Å²) >= 11 is 0. The van der Waals surface area contributed by atoms with E-state index in [2.05, 4.69) is 37.6 Å². The van der Waals surface area contributed by atoms with Gasteiger partial charge in [0.05, 0.1) is 0 Å². The topological polar surface area (TPSA) is 70.2 Å². The van der Waals surface area contributed by atoms with E-state index in [-0.39, 0.29) is 5.91 Å². The molecule has 6 nitrogen and oxygen atoms in total. The molecule has 1 saturated carbocycles. The van der Waals surface area contributed by atoms with Crippen LogP contribution in [0.5, 0.6) is 0 Å². The third kappa shape index (κ3) is 3.95. The lowest BCUT2D eigenvalue weighted by molar-refractivity contribution is 0.102. The lowest BCUT2D eigenvalue weighted by Gasteiger charge is -2.17. The summed E-state index contributed by atoms with van der Waals surface area (Å²) in [6, 6.07) is 10.1. The number of carbonyl (C=O) groups excluding carboxylic acids is 1. The zero-order valence-electron chi connectivity index (χ0n) is 14.9. The monoisotopic (exact) mass is 351 g/mol. The van der Waals surface area contributed by atoms with Gasteiger partial charge in [0.15, 0.2) is 0 Å². The van der Waals surface area contributed by atoms with Gasteiger partial charge in [-0.1, -0.05) is 12.8 Å². The molecule has 2 aliphatic rings. The number of nitrogens with zero attached hydrogens (tertiary/aromatic N) is 3. The first kappa shape index (κ1) is 16.8. The minimum Gasteiger partial charge on any atom is -0.372 e. The van der Waals surface area contributed by atoms with Gasteiger partial charge in [0.2, 0.25) is 5.95 Å². The van der Waals surface area contributed by atoms with Crippen molar-refractivity contribution in [2.45, 2.75) is 44.6 Å². The van der Waals surface area contributed by atoms with Crippen LogP contribution in [0.15, 0.2) is 36.5 Å². The van der Waals surface area contributed by atoms with Gasteiger partial charge in [0, 0.05) is 36.7 Å². The molecule has 0 spiro atoms. The summed E-state index contributed by atoms with van der Waals surface area (Å²) in [5.41, 5.74) is 2.37. The summed E-state index contributed by atoms with van der Waals surface area (Å²) in [7, 11) is 0. The highest BCUT2D eigenvalue weighted by Crippen LogP contribution is 2.23. The molecule has 2 aromatic rings. The van der Waals surface area contributed by atoms with Crippen molar-refractivity contribution in [3.8, 4) is 0 Å². The number of hydrogen-bond donors (Lipinski definition) is 2. The van der Waals surface area contributed by atoms with Crippen molar-refractivity contribution in [1.82, 2.24) is 9.97 Å². The normalized spacial score (nSPS) is 17.5. The fourth-order valence-corrected chi connectivity index (χ4v) is 3.73. The molecule has 0 bridgehead atoms. The van der Waals surface area contributed by atoms with Crippen LogP contribution >= 0.6 is 0 Å². The second-order valence-corrected chi connectivity index (χ2v) is 7.09. The summed E-state index contributed by atoms with van der Waals surface area (Å²) in [5, 5.41) is 6.25. The summed E-state index contributed by atoms with van der Waals surface area (Å²) in [4.78, 5) is 23.5. The molecule has 4 rings (SSSR count). The molecule has 0 unspecified atom stereocenters. The van der Waals surface area contributed by atoms with E-state index in [0.717, 1.165) is 31.6 Å². The van der Waals surface area contributed by atoms with Crippen LogP contribution < -0.4 is 15.5 Å². The van der Waals surface area contributed by atoms with Crippen LogP contribution in [0.3, 0.4) is 0 Å². The van der Waals surface area contributed by atoms with Gasteiger partial charge < -0.3 is 15.5 Å². The van der Waals surface area contributed by atoms with Gasteiger partial charge in [0.1, 0.15) is 5.69 Å². The molecule has 0 radical (unpaired) electrons. The number of aromatic nitrogens is 2. The van der Waals surface area contributed by atoms with Crippen molar-refractivity contribution in [3.63, 3.8) is 0 Å². The minimum absolute atomic E-state index is 0.212. The number of carbonyl (C=O) groups is 1. The number of nitrogens with one attached hydrogen (secondary N) is 2. The number of rotatable bonds is 5. The largest absolute Gasteiger partial charge is 0.372 e. The third-order valence-corrected chi connectivity index (χ3v) is 5.17. The number of amides is 1. The van der Waals surface area contributed by atoms with Gasteiger partial charge in [-0.25, -0.2) is 9.97 Å². The van der Waals surface area contributed by atoms with Gasteiger partial charge in [-0.3, -0.25) is 4.79 Å². The predicted octanol–water partition coefficient (Wildman–Crippen LogP) is 3.68. The number of benzene rings is 1. The molecule has 0 atom stereocenters. The Bertz CT molecular complexity index is 749. The first-order valence-corrected chi connectivity index (χ1v) is 9.54. The standard InChI is InChI=1S/C20H25N5O/c26-19(18-11-12-21-20(24-18)23-15-5-1-2-6-15)22-16-7-9-17(10-8-16)25-13-3-4-14-25/h7-12,15H,1-6,13-14H2,(H,22,26)(H,21,23,24). The fourth-order valence-electron chi connectivity index (χ4n) is 3.73. The van der Waals surface area contributed by atoms with E-state index in [1.807, 2.05) is 12.1 Å². The van der Waals surface area contributed by atoms with Crippen molar-refractivity contribution < 1.29 is 4.79 Å². The summed E-state index contributed by atoms with van der Waals surface area (Å²) < 4.78 is 0. The lowest BCUT2D eigenvalue weighted by atomic mass is 10.2. The first-order chi connectivity index (χ1) is 12.8. The van der Waals surface area contributed by atoms with Crippen LogP contribution in [0.4, 0.5) is 17.3 Å². The molecule has 1 aromatic carbocycles. The third-order valence-electron chi connectivity index (χ3n) is 5.17. The van der Waals surface area contributed by atoms with Crippen LogP contribution in [-0.4, -0.2) is 35.0 Å². The van der Waals surface area contributed by atoms with E-state index in [1.165, 1.54) is 31.4 Å². The summed E-state index contributed by atoms with van der Waals surface area (Å²) in [6.45, 7) is 2.23. The molecule has 1 aliphatic carbocycles. The van der Waals surface area contributed by atoms with E-state index in [1.54, 1.807) is 12.3 Å². The van der Waals surface area contributed by atoms with Gasteiger partial charge in [-0.2, -0.15) is 0 Å². The molecule has 1 saturated heterocycles. The van der Waals surface area contributed by atoms with Crippen LogP contribution in [0.25, 0.3) is 0 Å². The maximum Gasteiger partial charge on any atom is 0.274 e. The molecular formula is C20H25N5O. The Morgan fingerprint density at radius 1 is 1.00 bits per heavy atom. The van der Waals surface area contributed by atoms with E-state index >= 15 is 0 Å². The number of hydrogen-bond acceptors (Lipinski definition) is 5. The van der Waals surface area contributed by atoms with E-state index < -0.39 is 0 Å². The molecular weight excluding hydrogens is 326 g/mol. The van der Waals surface area contributed by atoms with E-state index in [4.69, 9.17) is 0 Å². The van der Waals surface area contributed by atoms with Gasteiger partial charge in [0.25, 0.3) is 5.91 Å². The van der Waals surface area contributed by atoms with Crippen LogP contribution in [0.1, 0.15) is 49.0 Å². The van der Waals surface area contributed by atoms with E-state index in [9.17, 15) is 4.79 Å². The van der Waals surface area contributed by atoms with Crippen LogP contribution in [0.2, 0.25) is 0 Å².